The zero-order chi connectivity index (χ0) is 19.1. The fraction of sp³-hybridized carbons (Fsp3) is 0.571. The van der Waals surface area contributed by atoms with Gasteiger partial charge in [0, 0.05) is 17.4 Å². The Morgan fingerprint density at radius 1 is 1.11 bits per heavy atom. The van der Waals surface area contributed by atoms with Gasteiger partial charge in [-0.2, -0.15) is 11.8 Å². The van der Waals surface area contributed by atoms with Crippen molar-refractivity contribution in [1.29, 1.82) is 0 Å². The van der Waals surface area contributed by atoms with Crippen molar-refractivity contribution >= 4 is 17.7 Å². The van der Waals surface area contributed by atoms with E-state index in [-0.39, 0.29) is 23.6 Å². The predicted octanol–water partition coefficient (Wildman–Crippen LogP) is 4.06. The van der Waals surface area contributed by atoms with Gasteiger partial charge in [0.2, 0.25) is 0 Å². The van der Waals surface area contributed by atoms with Crippen LogP contribution in [0.3, 0.4) is 0 Å². The van der Waals surface area contributed by atoms with Crippen LogP contribution in [0.1, 0.15) is 84.6 Å². The molecule has 0 spiro atoms. The number of ether oxygens (including phenoxy) is 1. The molecule has 1 aliphatic heterocycles. The molecule has 0 radical (unpaired) electrons. The Morgan fingerprint density at radius 3 is 2.61 bits per heavy atom. The van der Waals surface area contributed by atoms with E-state index in [0.717, 1.165) is 79.8 Å². The Hall–Kier alpha value is -2.02. The van der Waals surface area contributed by atoms with Crippen LogP contribution in [-0.2, 0) is 16.2 Å². The number of hydrogen-bond donors (Lipinski definition) is 1. The van der Waals surface area contributed by atoms with Crippen LogP contribution in [0.15, 0.2) is 16.9 Å². The molecule has 7 heteroatoms. The zero-order valence-corrected chi connectivity index (χ0v) is 16.7. The Balaban J connectivity index is 1.51. The highest BCUT2D eigenvalue weighted by Gasteiger charge is 2.29. The molecule has 3 heterocycles. The molecular weight excluding hydrogens is 374 g/mol. The van der Waals surface area contributed by atoms with Gasteiger partial charge in [-0.05, 0) is 50.7 Å². The number of rotatable bonds is 4. The lowest BCUT2D eigenvalue weighted by atomic mass is 9.98. The highest BCUT2D eigenvalue weighted by molar-refractivity contribution is 7.98. The minimum absolute atomic E-state index is 0.0221. The van der Waals surface area contributed by atoms with Gasteiger partial charge in [-0.3, -0.25) is 9.89 Å². The number of carbonyl (C=O) groups excluding carboxylic acids is 1. The normalized spacial score (nSPS) is 20.0. The second-order valence-electron chi connectivity index (χ2n) is 8.10. The van der Waals surface area contributed by atoms with Gasteiger partial charge in [0.05, 0.1) is 22.5 Å². The summed E-state index contributed by atoms with van der Waals surface area (Å²) in [6.07, 6.45) is 8.58. The largest absolute Gasteiger partial charge is 0.459 e. The average Bonchev–Trinajstić information content (AvgIpc) is 3.49. The van der Waals surface area contributed by atoms with Crippen molar-refractivity contribution in [2.45, 2.75) is 74.9 Å². The lowest BCUT2D eigenvalue weighted by molar-refractivity contribution is 0.0315. The van der Waals surface area contributed by atoms with Crippen LogP contribution < -0.4 is 5.56 Å². The van der Waals surface area contributed by atoms with Gasteiger partial charge in [-0.15, -0.1) is 0 Å². The van der Waals surface area contributed by atoms with Gasteiger partial charge in [0.15, 0.2) is 5.82 Å². The van der Waals surface area contributed by atoms with Crippen molar-refractivity contribution < 1.29 is 9.53 Å². The maximum Gasteiger partial charge on any atom is 0.340 e. The molecule has 1 N–H and O–H groups in total. The van der Waals surface area contributed by atoms with E-state index in [1.807, 2.05) is 0 Å². The average molecular weight is 400 g/mol. The number of nitrogens with zero attached hydrogens (tertiary/aromatic N) is 2. The molecule has 0 atom stereocenters. The maximum atomic E-state index is 12.9. The molecule has 2 aromatic heterocycles. The lowest BCUT2D eigenvalue weighted by Crippen LogP contribution is -2.21. The van der Waals surface area contributed by atoms with Gasteiger partial charge in [-0.1, -0.05) is 12.8 Å². The number of pyridine rings is 1. The van der Waals surface area contributed by atoms with Gasteiger partial charge in [0.25, 0.3) is 5.56 Å². The number of thioether (sulfide) groups is 1. The van der Waals surface area contributed by atoms with Crippen molar-refractivity contribution in [2.75, 3.05) is 0 Å². The molecule has 5 rings (SSSR count). The molecule has 0 unspecified atom stereocenters. The Labute approximate surface area is 168 Å². The minimum Gasteiger partial charge on any atom is -0.459 e. The molecule has 0 aromatic carbocycles. The fourth-order valence-electron chi connectivity index (χ4n) is 4.69. The predicted molar refractivity (Wildman–Crippen MR) is 108 cm³/mol. The van der Waals surface area contributed by atoms with E-state index in [1.165, 1.54) is 4.68 Å². The number of carbonyl (C=O) groups is 1. The van der Waals surface area contributed by atoms with Gasteiger partial charge in [-0.25, -0.2) is 14.5 Å². The van der Waals surface area contributed by atoms with E-state index in [1.54, 1.807) is 23.9 Å². The first-order valence-corrected chi connectivity index (χ1v) is 11.5. The summed E-state index contributed by atoms with van der Waals surface area (Å²) in [5.41, 5.74) is 3.19. The van der Waals surface area contributed by atoms with E-state index in [9.17, 15) is 9.59 Å². The summed E-state index contributed by atoms with van der Waals surface area (Å²) in [6, 6.07) is 3.57. The van der Waals surface area contributed by atoms with Crippen molar-refractivity contribution in [1.82, 2.24) is 14.8 Å². The van der Waals surface area contributed by atoms with Gasteiger partial charge in [0.1, 0.15) is 6.10 Å². The van der Waals surface area contributed by atoms with Gasteiger partial charge < -0.3 is 4.74 Å². The highest BCUT2D eigenvalue weighted by Crippen LogP contribution is 2.36. The molecule has 28 heavy (non-hydrogen) atoms. The molecule has 6 nitrogen and oxygen atoms in total. The van der Waals surface area contributed by atoms with E-state index in [2.05, 4.69) is 5.10 Å². The molecule has 0 amide bonds. The Morgan fingerprint density at radius 2 is 1.86 bits per heavy atom. The van der Waals surface area contributed by atoms with E-state index < -0.39 is 0 Å². The fourth-order valence-corrected chi connectivity index (χ4v) is 5.74. The first-order valence-electron chi connectivity index (χ1n) is 10.3. The number of aromatic amines is 1. The zero-order valence-electron chi connectivity index (χ0n) is 15.9. The Kier molecular flexibility index (Phi) is 4.78. The van der Waals surface area contributed by atoms with Crippen LogP contribution in [0, 0.1) is 0 Å². The summed E-state index contributed by atoms with van der Waals surface area (Å²) in [4.78, 5) is 30.4. The SMILES string of the molecule is O=C(OC1CCCC1)c1ccc(-n2[nH]c3c(c2=O)CSC3)nc1C1CCCC1. The van der Waals surface area contributed by atoms with E-state index >= 15 is 0 Å². The number of fused-ring (bicyclic) bond motifs is 1. The smallest absolute Gasteiger partial charge is 0.340 e. The third kappa shape index (κ3) is 3.19. The van der Waals surface area contributed by atoms with Crippen molar-refractivity contribution in [2.24, 2.45) is 0 Å². The first kappa shape index (κ1) is 18.0. The van der Waals surface area contributed by atoms with Crippen molar-refractivity contribution in [3.8, 4) is 5.82 Å². The third-order valence-corrected chi connectivity index (χ3v) is 7.23. The number of nitrogens with one attached hydrogen (secondary N) is 1. The van der Waals surface area contributed by atoms with Crippen LogP contribution in [0.25, 0.3) is 5.82 Å². The maximum absolute atomic E-state index is 12.9. The molecule has 2 aliphatic carbocycles. The van der Waals surface area contributed by atoms with Crippen LogP contribution >= 0.6 is 11.8 Å². The molecule has 0 bridgehead atoms. The molecular formula is C21H25N3O3S. The first-order chi connectivity index (χ1) is 13.7. The van der Waals surface area contributed by atoms with Crippen LogP contribution in [0.2, 0.25) is 0 Å². The third-order valence-electron chi connectivity index (χ3n) is 6.24. The monoisotopic (exact) mass is 399 g/mol. The Bertz CT molecular complexity index is 952. The molecule has 2 saturated carbocycles. The quantitative estimate of drug-likeness (QED) is 0.785. The topological polar surface area (TPSA) is 77.0 Å². The van der Waals surface area contributed by atoms with Crippen LogP contribution in [0.4, 0.5) is 0 Å². The molecule has 2 fully saturated rings. The molecule has 148 valence electrons. The number of esters is 1. The van der Waals surface area contributed by atoms with Crippen molar-refractivity contribution in [3.05, 3.63) is 45.0 Å². The van der Waals surface area contributed by atoms with Gasteiger partial charge >= 0.3 is 5.97 Å². The summed E-state index contributed by atoms with van der Waals surface area (Å²) in [5, 5.41) is 3.21. The summed E-state index contributed by atoms with van der Waals surface area (Å²) < 4.78 is 7.30. The number of hydrogen-bond acceptors (Lipinski definition) is 5. The standard InChI is InChI=1S/C21H25N3O3S/c25-20-16-11-28-12-17(16)23-24(20)18-10-9-15(19(22-18)13-5-1-2-6-13)21(26)27-14-7-3-4-8-14/h9-10,13-14,23H,1-8,11-12H2. The summed E-state index contributed by atoms with van der Waals surface area (Å²) >= 11 is 1.75. The minimum atomic E-state index is -0.259. The van der Waals surface area contributed by atoms with Crippen LogP contribution in [-0.4, -0.2) is 26.8 Å². The van der Waals surface area contributed by atoms with Crippen LogP contribution in [0.5, 0.6) is 0 Å². The summed E-state index contributed by atoms with van der Waals surface area (Å²) in [7, 11) is 0. The van der Waals surface area contributed by atoms with Crippen molar-refractivity contribution in [3.63, 3.8) is 0 Å². The second kappa shape index (κ2) is 7.43. The lowest BCUT2D eigenvalue weighted by Gasteiger charge is -2.17. The van der Waals surface area contributed by atoms with E-state index in [4.69, 9.17) is 9.72 Å². The number of aromatic nitrogens is 3. The second-order valence-corrected chi connectivity index (χ2v) is 9.08. The number of H-pyrrole nitrogens is 1. The summed E-state index contributed by atoms with van der Waals surface area (Å²) in [6.45, 7) is 0. The summed E-state index contributed by atoms with van der Waals surface area (Å²) in [5.74, 6) is 2.16. The molecule has 3 aliphatic rings. The van der Waals surface area contributed by atoms with E-state index in [0.29, 0.717) is 11.4 Å². The molecule has 2 aromatic rings. The highest BCUT2D eigenvalue weighted by atomic mass is 32.2. The molecule has 0 saturated heterocycles.